The second-order valence-corrected chi connectivity index (χ2v) is 25.8. The van der Waals surface area contributed by atoms with E-state index in [9.17, 15) is 19.8 Å². The Morgan fingerprint density at radius 2 is 1.58 bits per heavy atom. The van der Waals surface area contributed by atoms with Gasteiger partial charge in [-0.25, -0.2) is 9.97 Å². The molecule has 5 N–H and O–H groups in total. The molecule has 84 heavy (non-hydrogen) atoms. The highest BCUT2D eigenvalue weighted by atomic mass is 32.1. The van der Waals surface area contributed by atoms with Gasteiger partial charge in [-0.3, -0.25) is 14.5 Å². The van der Waals surface area contributed by atoms with Crippen molar-refractivity contribution in [1.29, 1.82) is 0 Å². The Labute approximate surface area is 494 Å². The van der Waals surface area contributed by atoms with Gasteiger partial charge in [-0.05, 0) is 99.6 Å². The zero-order chi connectivity index (χ0) is 57.8. The van der Waals surface area contributed by atoms with Crippen LogP contribution in [0.1, 0.15) is 108 Å². The van der Waals surface area contributed by atoms with Gasteiger partial charge in [0.25, 0.3) is 0 Å². The van der Waals surface area contributed by atoms with Crippen molar-refractivity contribution in [2.75, 3.05) is 79.5 Å². The van der Waals surface area contributed by atoms with E-state index in [1.807, 2.05) is 87.9 Å². The second kappa shape index (κ2) is 23.5. The van der Waals surface area contributed by atoms with E-state index in [2.05, 4.69) is 62.4 Å². The summed E-state index contributed by atoms with van der Waals surface area (Å²) in [4.78, 5) is 49.9. The highest BCUT2D eigenvalue weighted by molar-refractivity contribution is 7.13. The number of piperidine rings is 2. The second-order valence-electron chi connectivity index (χ2n) is 24.9. The lowest BCUT2D eigenvalue weighted by atomic mass is 9.74. The number of likely N-dealkylation sites (tertiary alicyclic amines) is 2. The first-order valence-electron chi connectivity index (χ1n) is 30.3. The van der Waals surface area contributed by atoms with E-state index < -0.39 is 18.1 Å². The number of piperazine rings is 1. The van der Waals surface area contributed by atoms with Crippen molar-refractivity contribution in [2.24, 2.45) is 11.8 Å². The molecule has 444 valence electrons. The maximum absolute atomic E-state index is 14.5. The van der Waals surface area contributed by atoms with Crippen molar-refractivity contribution in [3.05, 3.63) is 102 Å². The normalized spacial score (nSPS) is 25.4. The fourth-order valence-corrected chi connectivity index (χ4v) is 15.4. The number of aliphatic hydroxyl groups excluding tert-OH is 1. The van der Waals surface area contributed by atoms with E-state index in [-0.39, 0.29) is 66.3 Å². The molecule has 7 aliphatic rings. The predicted molar refractivity (Wildman–Crippen MR) is 320 cm³/mol. The molecule has 6 aliphatic heterocycles. The molecule has 4 aromatic heterocycles. The summed E-state index contributed by atoms with van der Waals surface area (Å²) in [5, 5.41) is 37.6. The van der Waals surface area contributed by atoms with E-state index >= 15 is 0 Å². The van der Waals surface area contributed by atoms with Crippen LogP contribution in [0.2, 0.25) is 0 Å². The lowest BCUT2D eigenvalue weighted by molar-refractivity contribution is -0.189. The number of para-hydroxylation sites is 1. The van der Waals surface area contributed by atoms with Crippen LogP contribution in [0.15, 0.2) is 89.0 Å². The van der Waals surface area contributed by atoms with E-state index in [0.717, 1.165) is 143 Å². The molecule has 10 heterocycles. The molecule has 7 fully saturated rings. The number of benzene rings is 2. The number of phenols is 1. The zero-order valence-electron chi connectivity index (χ0n) is 48.5. The molecule has 13 rings (SSSR count). The summed E-state index contributed by atoms with van der Waals surface area (Å²) in [7, 11) is 0. The number of aromatic nitrogens is 5. The number of nitrogens with zero attached hydrogens (tertiary/aromatic N) is 10. The lowest BCUT2D eigenvalue weighted by Gasteiger charge is -2.57. The molecule has 2 aromatic carbocycles. The number of ether oxygens (including phenoxy) is 3. The Hall–Kier alpha value is -6.91. The summed E-state index contributed by atoms with van der Waals surface area (Å²) in [6.45, 7) is 14.6. The highest BCUT2D eigenvalue weighted by Gasteiger charge is 2.52. The number of nitrogen functional groups attached to an aromatic ring is 1. The smallest absolute Gasteiger partial charge is 0.243 e. The van der Waals surface area contributed by atoms with Crippen LogP contribution in [0, 0.1) is 18.8 Å². The lowest BCUT2D eigenvalue weighted by Crippen LogP contribution is -2.69. The number of hydrogen-bond acceptors (Lipinski definition) is 19. The van der Waals surface area contributed by atoms with E-state index in [0.29, 0.717) is 46.7 Å². The molecule has 2 amide bonds. The summed E-state index contributed by atoms with van der Waals surface area (Å²) >= 11 is 1.60. The standard InChI is InChI=1S/C63H78N12O8S/c1-37(2)58(62(79)74-33-46(76)26-53(74)61(78)67-38(3)40-9-11-41(12-10-40)59-39(4)66-36-84-59)55-30-56(70-83-55)71-21-16-42(17-22-71)63(34-80-35-63)73-23-18-47(19-24-73)81-48-27-49(28-48)82-57-25-43(15-20-65-57)75-44-13-14-45(75)32-72(31-44)52-29-51(68-69-60(52)64)50-7-5-6-8-54(50)77/h5-12,15,20,25,29-30,36-38,42,44-49,53,58,76-77H,13-14,16-19,21-24,26-28,31-35H2,1-4H3,(H2,64,69)(H,67,78)/t38-,44+,45?,46+,48?,49?,53-,58+/m0/s1. The molecule has 6 aromatic rings. The minimum atomic E-state index is -0.813. The number of thiazole rings is 1. The number of phenolic OH excluding ortho intramolecular Hbond substituents is 1. The number of aromatic hydroxyl groups is 1. The number of aryl methyl sites for hydroxylation is 1. The summed E-state index contributed by atoms with van der Waals surface area (Å²) in [5.74, 6) is 1.53. The Balaban J connectivity index is 0.559. The van der Waals surface area contributed by atoms with Gasteiger partial charge in [0.05, 0.1) is 70.6 Å². The molecule has 2 bridgehead atoms. The fourth-order valence-electron chi connectivity index (χ4n) is 14.5. The molecule has 6 saturated heterocycles. The van der Waals surface area contributed by atoms with Gasteiger partial charge >= 0.3 is 0 Å². The third kappa shape index (κ3) is 11.1. The summed E-state index contributed by atoms with van der Waals surface area (Å²) in [5.41, 5.74) is 14.5. The number of amides is 2. The van der Waals surface area contributed by atoms with E-state index in [1.165, 1.54) is 4.90 Å². The number of pyridine rings is 1. The number of anilines is 4. The number of aliphatic hydroxyl groups is 1. The van der Waals surface area contributed by atoms with Crippen LogP contribution >= 0.6 is 11.3 Å². The molecule has 0 radical (unpaired) electrons. The Kier molecular flexibility index (Phi) is 15.7. The van der Waals surface area contributed by atoms with Crippen LogP contribution in [0.4, 0.5) is 23.0 Å². The maximum Gasteiger partial charge on any atom is 0.243 e. The first kappa shape index (κ1) is 56.2. The molecule has 1 saturated carbocycles. The molecule has 6 atom stereocenters. The fraction of sp³-hybridized carbons (Fsp3) is 0.540. The Bertz CT molecular complexity index is 3280. The summed E-state index contributed by atoms with van der Waals surface area (Å²) in [6, 6.07) is 22.8. The van der Waals surface area contributed by atoms with Crippen LogP contribution < -0.4 is 30.5 Å². The number of nitrogens with two attached hydrogens (primary N) is 1. The van der Waals surface area contributed by atoms with Crippen molar-refractivity contribution in [3.8, 4) is 33.3 Å². The number of carbonyl (C=O) groups excluding carboxylic acids is 2. The highest BCUT2D eigenvalue weighted by Crippen LogP contribution is 2.44. The van der Waals surface area contributed by atoms with E-state index in [1.54, 1.807) is 23.5 Å². The van der Waals surface area contributed by atoms with Gasteiger partial charge < -0.3 is 59.6 Å². The topological polar surface area (TPSA) is 234 Å². The van der Waals surface area contributed by atoms with Crippen LogP contribution in [0.25, 0.3) is 21.7 Å². The average molecular weight is 1160 g/mol. The molecule has 1 aliphatic carbocycles. The van der Waals surface area contributed by atoms with Crippen LogP contribution in [0.3, 0.4) is 0 Å². The third-order valence-corrected chi connectivity index (χ3v) is 20.3. The predicted octanol–water partition coefficient (Wildman–Crippen LogP) is 7.76. The molecular formula is C63H78N12O8S. The quantitative estimate of drug-likeness (QED) is 0.0683. The van der Waals surface area contributed by atoms with Gasteiger partial charge in [-0.2, -0.15) is 0 Å². The van der Waals surface area contributed by atoms with Crippen LogP contribution in [0.5, 0.6) is 11.6 Å². The van der Waals surface area contributed by atoms with Crippen molar-refractivity contribution in [1.82, 2.24) is 40.4 Å². The van der Waals surface area contributed by atoms with Crippen LogP contribution in [-0.4, -0.2) is 164 Å². The van der Waals surface area contributed by atoms with Gasteiger partial charge in [0.2, 0.25) is 17.7 Å². The number of rotatable bonds is 17. The largest absolute Gasteiger partial charge is 0.507 e. The number of hydrogen-bond donors (Lipinski definition) is 4. The average Bonchev–Trinajstić information content (AvgIpc) is 2.08. The van der Waals surface area contributed by atoms with Crippen molar-refractivity contribution in [2.45, 2.75) is 146 Å². The van der Waals surface area contributed by atoms with Crippen molar-refractivity contribution in [3.63, 3.8) is 0 Å². The third-order valence-electron chi connectivity index (χ3n) is 19.3. The van der Waals surface area contributed by atoms with E-state index in [4.69, 9.17) is 24.5 Å². The molecule has 1 unspecified atom stereocenters. The molecule has 0 spiro atoms. The molecule has 21 heteroatoms. The van der Waals surface area contributed by atoms with Gasteiger partial charge in [-0.1, -0.05) is 55.4 Å². The van der Waals surface area contributed by atoms with Crippen molar-refractivity contribution >= 4 is 46.2 Å². The van der Waals surface area contributed by atoms with Crippen LogP contribution in [-0.2, 0) is 19.1 Å². The van der Waals surface area contributed by atoms with Gasteiger partial charge in [0.15, 0.2) is 17.4 Å². The Morgan fingerprint density at radius 1 is 0.833 bits per heavy atom. The summed E-state index contributed by atoms with van der Waals surface area (Å²) in [6.07, 6.45) is 9.50. The number of fused-ring (bicyclic) bond motifs is 2. The van der Waals surface area contributed by atoms with Gasteiger partial charge in [-0.15, -0.1) is 21.5 Å². The monoisotopic (exact) mass is 1160 g/mol. The van der Waals surface area contributed by atoms with Crippen molar-refractivity contribution < 1.29 is 38.5 Å². The number of carbonyl (C=O) groups is 2. The Morgan fingerprint density at radius 3 is 2.27 bits per heavy atom. The summed E-state index contributed by atoms with van der Waals surface area (Å²) < 4.78 is 25.2. The zero-order valence-corrected chi connectivity index (χ0v) is 49.3. The number of β-amino-alcohol motifs (C(OH)–C–C–N with tert-alkyl or cyclic N) is 1. The van der Waals surface area contributed by atoms with Gasteiger partial charge in [0, 0.05) is 107 Å². The first-order chi connectivity index (χ1) is 40.7. The molecule has 20 nitrogen and oxygen atoms in total. The SMILES string of the molecule is Cc1ncsc1-c1ccc([C@H](C)NC(=O)[C@@H]2C[C@@H](O)CN2C(=O)[C@@H](c2cc(N3CCC(C4(N5CCC(OC6CC(Oc7cc(N8C9CC[C@@H]8CN(c8cc(-c%10ccccc%10O)nnc8N)C9)ccn7)C6)CC5)COC4)CC3)no2)C(C)C)cc1. The molecular weight excluding hydrogens is 1080 g/mol. The minimum absolute atomic E-state index is 0.0153. The first-order valence-corrected chi connectivity index (χ1v) is 31.2. The minimum Gasteiger partial charge on any atom is -0.507 e. The van der Waals surface area contributed by atoms with Gasteiger partial charge in [0.1, 0.15) is 23.8 Å². The number of nitrogens with one attached hydrogen (secondary N) is 1. The maximum atomic E-state index is 14.5.